The van der Waals surface area contributed by atoms with Crippen molar-refractivity contribution >= 4 is 40.3 Å². The molecular weight excluding hydrogens is 567 g/mol. The number of thiazole rings is 1. The van der Waals surface area contributed by atoms with Crippen LogP contribution in [0.2, 0.25) is 0 Å². The van der Waals surface area contributed by atoms with Gasteiger partial charge in [0, 0.05) is 10.6 Å². The average molecular weight is 594 g/mol. The average Bonchev–Trinajstić information content (AvgIpc) is 3.65. The lowest BCUT2D eigenvalue weighted by Gasteiger charge is -2.24. The molecule has 0 radical (unpaired) electrons. The Hall–Kier alpha value is -4.73. The van der Waals surface area contributed by atoms with Crippen LogP contribution < -0.4 is 29.7 Å². The van der Waals surface area contributed by atoms with Gasteiger partial charge in [0.2, 0.25) is 0 Å². The molecule has 0 aliphatic carbocycles. The normalized spacial score (nSPS) is 14.7. The topological polar surface area (TPSA) is 81.9 Å². The first kappa shape index (κ1) is 27.4. The van der Waals surface area contributed by atoms with Gasteiger partial charge in [-0.25, -0.2) is 4.99 Å². The van der Waals surface area contributed by atoms with E-state index < -0.39 is 6.04 Å². The molecule has 0 saturated carbocycles. The van der Waals surface area contributed by atoms with E-state index in [0.29, 0.717) is 44.4 Å². The summed E-state index contributed by atoms with van der Waals surface area (Å²) in [6, 6.07) is 28.0. The first-order valence-electron chi connectivity index (χ1n) is 13.3. The highest BCUT2D eigenvalue weighted by molar-refractivity contribution is 7.10. The summed E-state index contributed by atoms with van der Waals surface area (Å²) in [6.07, 6.45) is 1.82. The first-order chi connectivity index (χ1) is 20.5. The van der Waals surface area contributed by atoms with Crippen molar-refractivity contribution in [2.24, 2.45) is 4.99 Å². The SMILES string of the molecule is COc1cc(/C=c2\sc3n(c2=O)C(c2cccs2)C(C(=O)Nc2ccccc2)=C(C)N=3)ccc1OCc1ccccc1. The van der Waals surface area contributed by atoms with Gasteiger partial charge in [-0.05, 0) is 59.8 Å². The van der Waals surface area contributed by atoms with Crippen LogP contribution >= 0.6 is 22.7 Å². The largest absolute Gasteiger partial charge is 0.493 e. The lowest BCUT2D eigenvalue weighted by Crippen LogP contribution is -2.40. The van der Waals surface area contributed by atoms with Gasteiger partial charge in [-0.15, -0.1) is 11.3 Å². The van der Waals surface area contributed by atoms with Crippen LogP contribution in [0.15, 0.2) is 117 Å². The number of aromatic nitrogens is 1. The van der Waals surface area contributed by atoms with E-state index in [0.717, 1.165) is 16.0 Å². The number of amides is 1. The maximum atomic E-state index is 13.9. The third kappa shape index (κ3) is 5.57. The van der Waals surface area contributed by atoms with Gasteiger partial charge in [-0.2, -0.15) is 0 Å². The van der Waals surface area contributed by atoms with E-state index in [9.17, 15) is 9.59 Å². The highest BCUT2D eigenvalue weighted by Crippen LogP contribution is 2.33. The summed E-state index contributed by atoms with van der Waals surface area (Å²) < 4.78 is 13.7. The molecule has 42 heavy (non-hydrogen) atoms. The fraction of sp³-hybridized carbons (Fsp3) is 0.121. The number of hydrogen-bond acceptors (Lipinski definition) is 7. The number of thiophene rings is 1. The second-order valence-electron chi connectivity index (χ2n) is 9.60. The number of allylic oxidation sites excluding steroid dienone is 1. The van der Waals surface area contributed by atoms with Gasteiger partial charge in [0.1, 0.15) is 12.6 Å². The predicted molar refractivity (Wildman–Crippen MR) is 167 cm³/mol. The minimum absolute atomic E-state index is 0.210. The molecule has 9 heteroatoms. The number of nitrogens with one attached hydrogen (secondary N) is 1. The van der Waals surface area contributed by atoms with Crippen LogP contribution in [0.1, 0.15) is 29.0 Å². The van der Waals surface area contributed by atoms with Crippen molar-refractivity contribution in [3.05, 3.63) is 143 Å². The molecule has 1 unspecified atom stereocenters. The Morgan fingerprint density at radius 2 is 1.76 bits per heavy atom. The van der Waals surface area contributed by atoms with Crippen molar-refractivity contribution in [3.63, 3.8) is 0 Å². The summed E-state index contributed by atoms with van der Waals surface area (Å²) in [7, 11) is 1.59. The number of nitrogens with zero attached hydrogens (tertiary/aromatic N) is 2. The molecule has 1 amide bonds. The third-order valence-corrected chi connectivity index (χ3v) is 8.74. The van der Waals surface area contributed by atoms with Crippen molar-refractivity contribution in [2.45, 2.75) is 19.6 Å². The van der Waals surface area contributed by atoms with E-state index in [2.05, 4.69) is 5.32 Å². The fourth-order valence-corrected chi connectivity index (χ4v) is 6.70. The smallest absolute Gasteiger partial charge is 0.271 e. The van der Waals surface area contributed by atoms with Gasteiger partial charge < -0.3 is 14.8 Å². The molecule has 1 atom stereocenters. The number of carbonyl (C=O) groups excluding carboxylic acids is 1. The van der Waals surface area contributed by atoms with E-state index in [4.69, 9.17) is 14.5 Å². The van der Waals surface area contributed by atoms with Crippen molar-refractivity contribution in [3.8, 4) is 11.5 Å². The zero-order valence-corrected chi connectivity index (χ0v) is 24.6. The highest BCUT2D eigenvalue weighted by Gasteiger charge is 2.33. The summed E-state index contributed by atoms with van der Waals surface area (Å²) in [5, 5.41) is 4.92. The van der Waals surface area contributed by atoms with Crippen LogP contribution in [-0.4, -0.2) is 17.6 Å². The lowest BCUT2D eigenvalue weighted by atomic mass is 10.0. The van der Waals surface area contributed by atoms with E-state index in [1.807, 2.05) is 109 Å². The fourth-order valence-electron chi connectivity index (χ4n) is 4.83. The summed E-state index contributed by atoms with van der Waals surface area (Å²) in [5.74, 6) is 0.896. The number of anilines is 1. The Morgan fingerprint density at radius 3 is 2.48 bits per heavy atom. The minimum atomic E-state index is -0.588. The molecule has 210 valence electrons. The molecular formula is C33H27N3O4S2. The molecule has 0 fully saturated rings. The summed E-state index contributed by atoms with van der Waals surface area (Å²) in [6.45, 7) is 2.23. The van der Waals surface area contributed by atoms with Gasteiger partial charge in [-0.1, -0.05) is 72.0 Å². The predicted octanol–water partition coefficient (Wildman–Crippen LogP) is 5.52. The number of methoxy groups -OCH3 is 1. The summed E-state index contributed by atoms with van der Waals surface area (Å²) in [5.41, 5.74) is 3.33. The van der Waals surface area contributed by atoms with Crippen molar-refractivity contribution < 1.29 is 14.3 Å². The molecule has 3 heterocycles. The Morgan fingerprint density at radius 1 is 1.00 bits per heavy atom. The molecule has 6 rings (SSSR count). The van der Waals surface area contributed by atoms with Crippen LogP contribution in [-0.2, 0) is 11.4 Å². The molecule has 3 aromatic carbocycles. The third-order valence-electron chi connectivity index (χ3n) is 6.83. The first-order valence-corrected chi connectivity index (χ1v) is 15.0. The molecule has 0 spiro atoms. The van der Waals surface area contributed by atoms with Crippen molar-refractivity contribution in [1.29, 1.82) is 0 Å². The Kier molecular flexibility index (Phi) is 7.85. The van der Waals surface area contributed by atoms with Crippen LogP contribution in [0, 0.1) is 0 Å². The molecule has 1 N–H and O–H groups in total. The monoisotopic (exact) mass is 593 g/mol. The van der Waals surface area contributed by atoms with E-state index in [1.54, 1.807) is 11.7 Å². The molecule has 0 bridgehead atoms. The quantitative estimate of drug-likeness (QED) is 0.257. The molecule has 1 aliphatic rings. The number of fused-ring (bicyclic) bond motifs is 1. The zero-order valence-electron chi connectivity index (χ0n) is 22.9. The van der Waals surface area contributed by atoms with E-state index >= 15 is 0 Å². The van der Waals surface area contributed by atoms with Crippen molar-refractivity contribution in [1.82, 2.24) is 4.57 Å². The zero-order chi connectivity index (χ0) is 29.1. The van der Waals surface area contributed by atoms with Gasteiger partial charge in [0.15, 0.2) is 16.3 Å². The number of hydrogen-bond donors (Lipinski definition) is 1. The lowest BCUT2D eigenvalue weighted by molar-refractivity contribution is -0.113. The number of carbonyl (C=O) groups is 1. The maximum absolute atomic E-state index is 13.9. The van der Waals surface area contributed by atoms with E-state index in [1.165, 1.54) is 22.7 Å². The molecule has 5 aromatic rings. The molecule has 1 aliphatic heterocycles. The molecule has 2 aromatic heterocycles. The number of benzene rings is 3. The van der Waals surface area contributed by atoms with Crippen LogP contribution in [0.25, 0.3) is 6.08 Å². The van der Waals surface area contributed by atoms with Crippen LogP contribution in [0.5, 0.6) is 11.5 Å². The van der Waals surface area contributed by atoms with Crippen molar-refractivity contribution in [2.75, 3.05) is 12.4 Å². The minimum Gasteiger partial charge on any atom is -0.493 e. The van der Waals surface area contributed by atoms with Gasteiger partial charge >= 0.3 is 0 Å². The number of rotatable bonds is 8. The van der Waals surface area contributed by atoms with Gasteiger partial charge in [0.05, 0.1) is 22.9 Å². The second-order valence-corrected chi connectivity index (χ2v) is 11.6. The number of para-hydroxylation sites is 1. The van der Waals surface area contributed by atoms with E-state index in [-0.39, 0.29) is 11.5 Å². The van der Waals surface area contributed by atoms with Crippen LogP contribution in [0.3, 0.4) is 0 Å². The van der Waals surface area contributed by atoms with Crippen LogP contribution in [0.4, 0.5) is 5.69 Å². The summed E-state index contributed by atoms with van der Waals surface area (Å²) in [4.78, 5) is 33.6. The maximum Gasteiger partial charge on any atom is 0.271 e. The summed E-state index contributed by atoms with van der Waals surface area (Å²) >= 11 is 2.80. The molecule has 0 saturated heterocycles. The van der Waals surface area contributed by atoms with Gasteiger partial charge in [0.25, 0.3) is 11.5 Å². The molecule has 7 nitrogen and oxygen atoms in total. The Labute approximate surface area is 250 Å². The standard InChI is InChI=1S/C33H27N3O4S2/c1-21-29(31(37)35-24-12-7-4-8-13-24)30(27-14-9-17-41-27)36-32(38)28(42-33(36)34-21)19-23-15-16-25(26(18-23)39-2)40-20-22-10-5-3-6-11-22/h3-19,30H,20H2,1-2H3,(H,35,37)/b28-19-. The second kappa shape index (κ2) is 12.0. The van der Waals surface area contributed by atoms with Gasteiger partial charge in [-0.3, -0.25) is 14.2 Å². The Balaban J connectivity index is 1.36. The highest BCUT2D eigenvalue weighted by atomic mass is 32.1. The Bertz CT molecular complexity index is 1940. The number of ether oxygens (including phenoxy) is 2.